The van der Waals surface area contributed by atoms with Crippen LogP contribution in [0.2, 0.25) is 0 Å². The van der Waals surface area contributed by atoms with Crippen molar-refractivity contribution in [1.82, 2.24) is 5.32 Å². The summed E-state index contributed by atoms with van der Waals surface area (Å²) in [6, 6.07) is 13.6. The van der Waals surface area contributed by atoms with E-state index in [4.69, 9.17) is 26.4 Å². The number of aryl methyl sites for hydroxylation is 2. The Kier molecular flexibility index (Phi) is 10.6. The fourth-order valence-electron chi connectivity index (χ4n) is 3.10. The summed E-state index contributed by atoms with van der Waals surface area (Å²) in [6.45, 7) is 12.1. The zero-order chi connectivity index (χ0) is 24.3. The van der Waals surface area contributed by atoms with E-state index in [9.17, 15) is 4.79 Å². The fourth-order valence-corrected chi connectivity index (χ4v) is 3.32. The first kappa shape index (κ1) is 26.6. The van der Waals surface area contributed by atoms with Crippen molar-refractivity contribution in [2.75, 3.05) is 31.7 Å². The van der Waals surface area contributed by atoms with Crippen LogP contribution in [0, 0.1) is 19.3 Å². The molecule has 0 fully saturated rings. The van der Waals surface area contributed by atoms with Crippen LogP contribution in [0.4, 0.5) is 5.69 Å². The average molecular weight is 473 g/mol. The molecule has 0 aliphatic rings. The van der Waals surface area contributed by atoms with Gasteiger partial charge in [-0.05, 0) is 87.3 Å². The van der Waals surface area contributed by atoms with Crippen molar-refractivity contribution in [1.29, 1.82) is 0 Å². The van der Waals surface area contributed by atoms with E-state index in [1.165, 1.54) is 5.56 Å². The number of thiocarbonyl (C=S) groups is 1. The van der Waals surface area contributed by atoms with Gasteiger partial charge in [-0.2, -0.15) is 0 Å². The summed E-state index contributed by atoms with van der Waals surface area (Å²) in [7, 11) is 0. The number of hydrogen-bond acceptors (Lipinski definition) is 5. The molecule has 1 amide bonds. The van der Waals surface area contributed by atoms with Crippen molar-refractivity contribution in [2.45, 2.75) is 47.5 Å². The van der Waals surface area contributed by atoms with E-state index in [1.54, 1.807) is 0 Å². The van der Waals surface area contributed by atoms with Crippen molar-refractivity contribution >= 4 is 28.9 Å². The SMILES string of the molecule is CCOCCOc1ccc(NC(=S)NC(=O)C(C)(C)CCCOc2cc(C)ccc2C)cc1. The number of carbonyl (C=O) groups is 1. The highest BCUT2D eigenvalue weighted by molar-refractivity contribution is 7.80. The second kappa shape index (κ2) is 13.2. The van der Waals surface area contributed by atoms with Gasteiger partial charge in [0.05, 0.1) is 13.2 Å². The Morgan fingerprint density at radius 2 is 1.73 bits per heavy atom. The van der Waals surface area contributed by atoms with E-state index in [-0.39, 0.29) is 11.0 Å². The summed E-state index contributed by atoms with van der Waals surface area (Å²) in [5.41, 5.74) is 2.48. The van der Waals surface area contributed by atoms with Gasteiger partial charge in [0.25, 0.3) is 0 Å². The lowest BCUT2D eigenvalue weighted by atomic mass is 9.87. The first-order chi connectivity index (χ1) is 15.7. The average Bonchev–Trinajstić information content (AvgIpc) is 2.77. The van der Waals surface area contributed by atoms with Crippen molar-refractivity contribution in [2.24, 2.45) is 5.41 Å². The molecule has 7 heteroatoms. The largest absolute Gasteiger partial charge is 0.493 e. The van der Waals surface area contributed by atoms with E-state index in [0.29, 0.717) is 32.8 Å². The molecule has 2 aromatic carbocycles. The normalized spacial score (nSPS) is 11.1. The number of ether oxygens (including phenoxy) is 3. The Balaban J connectivity index is 1.74. The predicted molar refractivity (Wildman–Crippen MR) is 137 cm³/mol. The maximum absolute atomic E-state index is 12.7. The van der Waals surface area contributed by atoms with E-state index in [1.807, 2.05) is 65.0 Å². The molecule has 0 aliphatic carbocycles. The molecule has 0 aromatic heterocycles. The van der Waals surface area contributed by atoms with Crippen LogP contribution in [0.5, 0.6) is 11.5 Å². The molecule has 2 N–H and O–H groups in total. The predicted octanol–water partition coefficient (Wildman–Crippen LogP) is 5.42. The molecule has 0 heterocycles. The third-order valence-electron chi connectivity index (χ3n) is 5.20. The standard InChI is InChI=1S/C26H36N2O4S/c1-6-30-16-17-31-22-12-10-21(11-13-22)27-25(33)28-24(29)26(4,5)14-7-15-32-23-18-19(2)8-9-20(23)3/h8-13,18H,6-7,14-17H2,1-5H3,(H2,27,28,29,33). The molecule has 0 bridgehead atoms. The number of amides is 1. The van der Waals surface area contributed by atoms with Gasteiger partial charge in [0, 0.05) is 17.7 Å². The summed E-state index contributed by atoms with van der Waals surface area (Å²) >= 11 is 5.32. The molecule has 0 aliphatic heterocycles. The second-order valence-corrected chi connectivity index (χ2v) is 8.99. The molecular weight excluding hydrogens is 436 g/mol. The van der Waals surface area contributed by atoms with Gasteiger partial charge >= 0.3 is 0 Å². The lowest BCUT2D eigenvalue weighted by Gasteiger charge is -2.24. The Hall–Kier alpha value is -2.64. The molecule has 6 nitrogen and oxygen atoms in total. The summed E-state index contributed by atoms with van der Waals surface area (Å²) in [5.74, 6) is 1.52. The van der Waals surface area contributed by atoms with Gasteiger partial charge < -0.3 is 24.8 Å². The number of benzene rings is 2. The smallest absolute Gasteiger partial charge is 0.231 e. The maximum Gasteiger partial charge on any atom is 0.231 e. The van der Waals surface area contributed by atoms with Crippen molar-refractivity contribution < 1.29 is 19.0 Å². The molecule has 0 spiro atoms. The fraction of sp³-hybridized carbons (Fsp3) is 0.462. The van der Waals surface area contributed by atoms with Gasteiger partial charge in [-0.15, -0.1) is 0 Å². The lowest BCUT2D eigenvalue weighted by Crippen LogP contribution is -2.42. The van der Waals surface area contributed by atoms with Crippen LogP contribution < -0.4 is 20.1 Å². The van der Waals surface area contributed by atoms with Gasteiger partial charge in [-0.3, -0.25) is 4.79 Å². The summed E-state index contributed by atoms with van der Waals surface area (Å²) in [6.07, 6.45) is 1.44. The number of hydrogen-bond donors (Lipinski definition) is 2. The van der Waals surface area contributed by atoms with Crippen LogP contribution in [-0.4, -0.2) is 37.4 Å². The van der Waals surface area contributed by atoms with Crippen molar-refractivity contribution in [3.8, 4) is 11.5 Å². The number of carbonyl (C=O) groups excluding carboxylic acids is 1. The summed E-state index contributed by atoms with van der Waals surface area (Å²) in [4.78, 5) is 12.7. The highest BCUT2D eigenvalue weighted by Crippen LogP contribution is 2.24. The van der Waals surface area contributed by atoms with Crippen LogP contribution >= 0.6 is 12.2 Å². The highest BCUT2D eigenvalue weighted by atomic mass is 32.1. The monoisotopic (exact) mass is 472 g/mol. The molecule has 2 aromatic rings. The van der Waals surface area contributed by atoms with Crippen molar-refractivity contribution in [3.63, 3.8) is 0 Å². The molecule has 0 atom stereocenters. The zero-order valence-corrected chi connectivity index (χ0v) is 21.1. The Morgan fingerprint density at radius 3 is 2.42 bits per heavy atom. The van der Waals surface area contributed by atoms with E-state index in [0.717, 1.165) is 29.2 Å². The van der Waals surface area contributed by atoms with Crippen LogP contribution in [0.25, 0.3) is 0 Å². The van der Waals surface area contributed by atoms with E-state index >= 15 is 0 Å². The minimum atomic E-state index is -0.574. The molecule has 33 heavy (non-hydrogen) atoms. The van der Waals surface area contributed by atoms with Gasteiger partial charge in [0.2, 0.25) is 5.91 Å². The topological polar surface area (TPSA) is 68.8 Å². The van der Waals surface area contributed by atoms with E-state index < -0.39 is 5.41 Å². The summed E-state index contributed by atoms with van der Waals surface area (Å²) < 4.78 is 16.8. The molecular formula is C26H36N2O4S. The quantitative estimate of drug-likeness (QED) is 0.318. The van der Waals surface area contributed by atoms with Crippen LogP contribution in [0.3, 0.4) is 0 Å². The molecule has 0 saturated heterocycles. The summed E-state index contributed by atoms with van der Waals surface area (Å²) in [5, 5.41) is 6.11. The van der Waals surface area contributed by atoms with Crippen molar-refractivity contribution in [3.05, 3.63) is 53.6 Å². The van der Waals surface area contributed by atoms with Crippen LogP contribution in [-0.2, 0) is 9.53 Å². The third kappa shape index (κ3) is 9.40. The minimum absolute atomic E-state index is 0.123. The Morgan fingerprint density at radius 1 is 1.00 bits per heavy atom. The molecule has 0 radical (unpaired) electrons. The first-order valence-electron chi connectivity index (χ1n) is 11.3. The van der Waals surface area contributed by atoms with Gasteiger partial charge in [0.15, 0.2) is 5.11 Å². The number of rotatable bonds is 12. The van der Waals surface area contributed by atoms with E-state index in [2.05, 4.69) is 22.8 Å². The first-order valence-corrected chi connectivity index (χ1v) is 11.7. The highest BCUT2D eigenvalue weighted by Gasteiger charge is 2.27. The Bertz CT molecular complexity index is 913. The second-order valence-electron chi connectivity index (χ2n) is 8.58. The van der Waals surface area contributed by atoms with Crippen LogP contribution in [0.15, 0.2) is 42.5 Å². The zero-order valence-electron chi connectivity index (χ0n) is 20.3. The number of anilines is 1. The number of nitrogens with one attached hydrogen (secondary N) is 2. The third-order valence-corrected chi connectivity index (χ3v) is 5.41. The molecule has 0 saturated carbocycles. The minimum Gasteiger partial charge on any atom is -0.493 e. The van der Waals surface area contributed by atoms with Gasteiger partial charge in [-0.25, -0.2) is 0 Å². The lowest BCUT2D eigenvalue weighted by molar-refractivity contribution is -0.128. The van der Waals surface area contributed by atoms with Gasteiger partial charge in [0.1, 0.15) is 18.1 Å². The maximum atomic E-state index is 12.7. The molecule has 0 unspecified atom stereocenters. The Labute approximate surface area is 203 Å². The molecule has 2 rings (SSSR count). The molecule has 180 valence electrons. The van der Waals surface area contributed by atoms with Gasteiger partial charge in [-0.1, -0.05) is 26.0 Å². The van der Waals surface area contributed by atoms with Crippen LogP contribution in [0.1, 0.15) is 44.7 Å².